The summed E-state index contributed by atoms with van der Waals surface area (Å²) in [4.78, 5) is 0. The van der Waals surface area contributed by atoms with Crippen molar-refractivity contribution in [3.8, 4) is 0 Å². The Morgan fingerprint density at radius 1 is 0.205 bits per heavy atom. The Hall–Kier alpha value is 0.868. The van der Waals surface area contributed by atoms with E-state index in [4.69, 9.17) is 0 Å². The molecule has 4 heteroatoms. The third kappa shape index (κ3) is 18.7. The Morgan fingerprint density at radius 3 is 0.307 bits per heavy atom. The molecule has 0 unspecified atom stereocenters. The Morgan fingerprint density at radius 2 is 0.284 bits per heavy atom. The molecule has 8 bridgehead atoms. The highest BCUT2D eigenvalue weighted by molar-refractivity contribution is 6.84. The van der Waals surface area contributed by atoms with Crippen LogP contribution >= 0.6 is 0 Å². The standard InChI is InChI=1S/4C12H22.2C11H26Si.2C7H18Si/c4*1-11(2)9-5-7-10(8-6-9)12(11,3)4;2*1-9(2)12(8,10(3)4)11(5,6)7;2*1-7(2,3)8(4,5)6/h4*9-10H,5-8H2,1-4H3;2*9-10H,1-8H3;2*1-6H3. The third-order valence-electron chi connectivity index (χ3n) is 34.2. The molecule has 12 aliphatic carbocycles. The van der Waals surface area contributed by atoms with Gasteiger partial charge in [0.05, 0.1) is 16.1 Å². The van der Waals surface area contributed by atoms with Crippen molar-refractivity contribution in [2.75, 3.05) is 0 Å². The second-order valence-corrected chi connectivity index (χ2v) is 69.4. The highest BCUT2D eigenvalue weighted by Crippen LogP contribution is 2.66. The second kappa shape index (κ2) is 29.9. The summed E-state index contributed by atoms with van der Waals surface area (Å²) in [5.74, 6) is 8.09. The summed E-state index contributed by atoms with van der Waals surface area (Å²) >= 11 is 0. The number of hydrogen-bond acceptors (Lipinski definition) is 0. The Bertz CT molecular complexity index is 1660. The van der Waals surface area contributed by atoms with Crippen LogP contribution in [0.15, 0.2) is 0 Å². The van der Waals surface area contributed by atoms with Crippen LogP contribution in [0.1, 0.15) is 352 Å². The van der Waals surface area contributed by atoms with Crippen LogP contribution in [-0.4, -0.2) is 32.3 Å². The lowest BCUT2D eigenvalue weighted by molar-refractivity contribution is -0.104. The van der Waals surface area contributed by atoms with Gasteiger partial charge in [-0.1, -0.05) is 324 Å². The van der Waals surface area contributed by atoms with Gasteiger partial charge >= 0.3 is 0 Å². The quantitative estimate of drug-likeness (QED) is 0.246. The van der Waals surface area contributed by atoms with E-state index >= 15 is 0 Å². The van der Waals surface area contributed by atoms with E-state index in [9.17, 15) is 0 Å². The number of hydrogen-bond donors (Lipinski definition) is 0. The maximum Gasteiger partial charge on any atom is 0.0610 e. The number of rotatable bonds is 4. The minimum Gasteiger partial charge on any atom is -0.0692 e. The smallest absolute Gasteiger partial charge is 0.0610 e. The topological polar surface area (TPSA) is 0 Å². The Balaban J connectivity index is 0.000000505. The molecule has 0 aromatic carbocycles. The summed E-state index contributed by atoms with van der Waals surface area (Å²) < 4.78 is 0. The van der Waals surface area contributed by atoms with E-state index in [1.54, 1.807) is 0 Å². The summed E-state index contributed by atoms with van der Waals surface area (Å²) in [6.07, 6.45) is 24.0. The van der Waals surface area contributed by atoms with Crippen molar-refractivity contribution >= 4 is 32.3 Å². The van der Waals surface area contributed by atoms with E-state index < -0.39 is 32.3 Å². The molecule has 0 nitrogen and oxygen atoms in total. The molecule has 12 saturated carbocycles. The predicted octanol–water partition coefficient (Wildman–Crippen LogP) is 31.1. The summed E-state index contributed by atoms with van der Waals surface area (Å²) in [5.41, 5.74) is 8.28. The van der Waals surface area contributed by atoms with Crippen molar-refractivity contribution in [3.05, 3.63) is 0 Å². The van der Waals surface area contributed by atoms with E-state index in [1.165, 1.54) is 103 Å². The molecule has 528 valence electrons. The second-order valence-electron chi connectivity index (χ2n) is 44.7. The lowest BCUT2D eigenvalue weighted by atomic mass is 9.45. The fourth-order valence-corrected chi connectivity index (χ4v) is 28.7. The largest absolute Gasteiger partial charge is 0.0692 e. The highest BCUT2D eigenvalue weighted by Gasteiger charge is 2.57. The van der Waals surface area contributed by atoms with Crippen molar-refractivity contribution in [2.45, 2.75) is 447 Å². The lowest BCUT2D eigenvalue weighted by Gasteiger charge is -2.60. The van der Waals surface area contributed by atoms with E-state index in [1.807, 2.05) is 0 Å². The highest BCUT2D eigenvalue weighted by atomic mass is 28.3. The molecule has 0 saturated heterocycles. The predicted molar refractivity (Wildman–Crippen MR) is 421 cm³/mol. The first kappa shape index (κ1) is 86.9. The molecule has 12 aliphatic rings. The van der Waals surface area contributed by atoms with Crippen LogP contribution in [0.4, 0.5) is 0 Å². The van der Waals surface area contributed by atoms with Crippen LogP contribution in [0.2, 0.25) is 94.7 Å². The molecular formula is C84H176Si4. The number of fused-ring (bicyclic) bond motifs is 12. The van der Waals surface area contributed by atoms with E-state index in [0.717, 1.165) is 69.5 Å². The van der Waals surface area contributed by atoms with Crippen molar-refractivity contribution in [3.63, 3.8) is 0 Å². The molecule has 88 heavy (non-hydrogen) atoms. The molecule has 0 aromatic heterocycles. The molecule has 0 N–H and O–H groups in total. The average Bonchev–Trinajstić information content (AvgIpc) is 1.42. The van der Waals surface area contributed by atoms with Gasteiger partial charge in [-0.05, 0) is 214 Å². The summed E-state index contributed by atoms with van der Waals surface area (Å²) in [7, 11) is -3.93. The van der Waals surface area contributed by atoms with Crippen LogP contribution in [-0.2, 0) is 0 Å². The minimum atomic E-state index is -1.11. The van der Waals surface area contributed by atoms with Gasteiger partial charge < -0.3 is 0 Å². The fourth-order valence-electron chi connectivity index (χ4n) is 19.2. The zero-order chi connectivity index (χ0) is 70.2. The first-order valence-electron chi connectivity index (χ1n) is 38.6. The molecule has 0 heterocycles. The Labute approximate surface area is 566 Å². The van der Waals surface area contributed by atoms with Gasteiger partial charge in [-0.25, -0.2) is 0 Å². The van der Waals surface area contributed by atoms with Gasteiger partial charge in [-0.3, -0.25) is 0 Å². The first-order valence-corrected chi connectivity index (χ1v) is 50.9. The van der Waals surface area contributed by atoms with Crippen LogP contribution in [0.25, 0.3) is 0 Å². The molecule has 0 atom stereocenters. The molecule has 0 aliphatic heterocycles. The van der Waals surface area contributed by atoms with Gasteiger partial charge in [0, 0.05) is 16.1 Å². The summed E-state index contributed by atoms with van der Waals surface area (Å²) in [5, 5.41) is 2.23. The van der Waals surface area contributed by atoms with Crippen molar-refractivity contribution in [1.29, 1.82) is 0 Å². The maximum atomic E-state index is 2.56. The SMILES string of the molecule is CC(C)(C)[Si](C)(C)C.CC(C)(C)[Si](C)(C)C.CC(C)[Si](C)(C(C)C)C(C)(C)C.CC(C)[Si](C)(C(C)C)C(C)(C)C.CC1(C)C2CCC(CC2)C1(C)C.CC1(C)C2CCC(CC2)C1(C)C.CC1(C)C2CCC(CC2)C1(C)C.CC1(C)C2CCC(CC2)C1(C)C. The molecular weight excluding hydrogens is 1120 g/mol. The normalized spacial score (nSPS) is 30.0. The third-order valence-corrected chi connectivity index (χ3v) is 59.3. The van der Waals surface area contributed by atoms with Gasteiger partial charge in [0.1, 0.15) is 0 Å². The molecule has 0 aromatic rings. The summed E-state index contributed by atoms with van der Waals surface area (Å²) in [6, 6.07) is 0. The lowest BCUT2D eigenvalue weighted by Crippen LogP contribution is -2.51. The van der Waals surface area contributed by atoms with Gasteiger partial charge in [0.2, 0.25) is 0 Å². The van der Waals surface area contributed by atoms with Crippen LogP contribution in [0, 0.1) is 90.7 Å². The Kier molecular flexibility index (Phi) is 29.5. The van der Waals surface area contributed by atoms with E-state index in [2.05, 4.69) is 302 Å². The fraction of sp³-hybridized carbons (Fsp3) is 1.00. The summed E-state index contributed by atoms with van der Waals surface area (Å²) in [6.45, 7) is 107. The molecule has 0 spiro atoms. The van der Waals surface area contributed by atoms with Crippen LogP contribution in [0.5, 0.6) is 0 Å². The zero-order valence-corrected chi connectivity index (χ0v) is 74.2. The van der Waals surface area contributed by atoms with Crippen LogP contribution in [0.3, 0.4) is 0 Å². The van der Waals surface area contributed by atoms with E-state index in [0.29, 0.717) is 63.5 Å². The van der Waals surface area contributed by atoms with Crippen molar-refractivity contribution < 1.29 is 0 Å². The minimum absolute atomic E-state index is 0.537. The molecule has 12 fully saturated rings. The van der Waals surface area contributed by atoms with Crippen molar-refractivity contribution in [1.82, 2.24) is 0 Å². The maximum absolute atomic E-state index is 2.56. The van der Waals surface area contributed by atoms with Gasteiger partial charge in [-0.15, -0.1) is 0 Å². The van der Waals surface area contributed by atoms with E-state index in [-0.39, 0.29) is 0 Å². The zero-order valence-electron chi connectivity index (χ0n) is 70.2. The molecule has 0 amide bonds. The van der Waals surface area contributed by atoms with Gasteiger partial charge in [0.15, 0.2) is 0 Å². The molecule has 0 radical (unpaired) electrons. The average molecular weight is 1300 g/mol. The van der Waals surface area contributed by atoms with Crippen LogP contribution < -0.4 is 0 Å². The monoisotopic (exact) mass is 1300 g/mol. The first-order chi connectivity index (χ1) is 38.6. The van der Waals surface area contributed by atoms with Crippen molar-refractivity contribution in [2.24, 2.45) is 90.7 Å². The van der Waals surface area contributed by atoms with Gasteiger partial charge in [-0.2, -0.15) is 0 Å². The van der Waals surface area contributed by atoms with Gasteiger partial charge in [0.25, 0.3) is 0 Å². The molecule has 12 rings (SSSR count).